The Morgan fingerprint density at radius 1 is 1.00 bits per heavy atom. The number of halogens is 3. The van der Waals surface area contributed by atoms with Crippen LogP contribution in [-0.2, 0) is 9.59 Å². The van der Waals surface area contributed by atoms with Gasteiger partial charge in [0, 0.05) is 17.3 Å². The number of alkyl halides is 3. The van der Waals surface area contributed by atoms with Gasteiger partial charge in [-0.3, -0.25) is 14.5 Å². The Labute approximate surface area is 226 Å². The van der Waals surface area contributed by atoms with Crippen LogP contribution in [0.5, 0.6) is 17.2 Å². The number of hydrogen-bond acceptors (Lipinski definition) is 7. The highest BCUT2D eigenvalue weighted by Crippen LogP contribution is 2.32. The molecule has 39 heavy (non-hydrogen) atoms. The molecule has 0 radical (unpaired) electrons. The minimum absolute atomic E-state index is 0.116. The molecular weight excluding hydrogens is 535 g/mol. The van der Waals surface area contributed by atoms with E-state index in [1.54, 1.807) is 48.5 Å². The van der Waals surface area contributed by atoms with Crippen LogP contribution in [0.4, 0.5) is 24.5 Å². The van der Waals surface area contributed by atoms with Crippen molar-refractivity contribution < 1.29 is 37.0 Å². The molecule has 1 N–H and O–H groups in total. The van der Waals surface area contributed by atoms with Gasteiger partial charge < -0.3 is 19.5 Å². The van der Waals surface area contributed by atoms with Crippen LogP contribution in [0.2, 0.25) is 0 Å². The number of ether oxygens (including phenoxy) is 3. The molecule has 0 bridgehead atoms. The van der Waals surface area contributed by atoms with Crippen molar-refractivity contribution in [1.29, 1.82) is 0 Å². The lowest BCUT2D eigenvalue weighted by molar-refractivity contribution is -0.274. The van der Waals surface area contributed by atoms with E-state index in [0.717, 1.165) is 23.9 Å². The molecule has 1 aliphatic rings. The molecule has 202 valence electrons. The van der Waals surface area contributed by atoms with Gasteiger partial charge >= 0.3 is 6.36 Å². The van der Waals surface area contributed by atoms with Gasteiger partial charge in [-0.15, -0.1) is 13.2 Å². The third-order valence-corrected chi connectivity index (χ3v) is 6.22. The molecule has 0 atom stereocenters. The molecule has 0 saturated carbocycles. The van der Waals surface area contributed by atoms with Gasteiger partial charge in [-0.1, -0.05) is 30.0 Å². The van der Waals surface area contributed by atoms with E-state index in [9.17, 15) is 22.8 Å². The summed E-state index contributed by atoms with van der Waals surface area (Å²) in [6.07, 6.45) is -3.22. The Hall–Kier alpha value is -4.45. The number of amidine groups is 1. The van der Waals surface area contributed by atoms with E-state index in [-0.39, 0.29) is 28.2 Å². The maximum Gasteiger partial charge on any atom is 0.573 e. The fourth-order valence-electron chi connectivity index (χ4n) is 3.55. The highest BCUT2D eigenvalue weighted by atomic mass is 32.2. The monoisotopic (exact) mass is 557 g/mol. The predicted molar refractivity (Wildman–Crippen MR) is 143 cm³/mol. The van der Waals surface area contributed by atoms with Crippen molar-refractivity contribution >= 4 is 46.2 Å². The number of anilines is 2. The zero-order valence-corrected chi connectivity index (χ0v) is 21.5. The molecule has 12 heteroatoms. The average Bonchev–Trinajstić information content (AvgIpc) is 3.23. The molecule has 0 aromatic heterocycles. The summed E-state index contributed by atoms with van der Waals surface area (Å²) in [5, 5.41) is 2.89. The van der Waals surface area contributed by atoms with Crippen LogP contribution >= 0.6 is 11.8 Å². The molecule has 0 saturated heterocycles. The summed E-state index contributed by atoms with van der Waals surface area (Å²) in [6, 6.07) is 18.8. The Morgan fingerprint density at radius 2 is 1.69 bits per heavy atom. The number of nitrogens with one attached hydrogen (secondary N) is 1. The lowest BCUT2D eigenvalue weighted by Gasteiger charge is -2.17. The summed E-state index contributed by atoms with van der Waals surface area (Å²) >= 11 is 1.04. The number of carbonyl (C=O) groups excluding carboxylic acids is 2. The van der Waals surface area contributed by atoms with Crippen molar-refractivity contribution in [3.63, 3.8) is 0 Å². The van der Waals surface area contributed by atoms with E-state index in [1.807, 2.05) is 6.07 Å². The number of benzene rings is 3. The van der Waals surface area contributed by atoms with Crippen molar-refractivity contribution in [3.05, 3.63) is 84.1 Å². The summed E-state index contributed by atoms with van der Waals surface area (Å²) in [6.45, 7) is 0. The van der Waals surface area contributed by atoms with Crippen LogP contribution in [0.25, 0.3) is 6.08 Å². The minimum atomic E-state index is -4.81. The molecule has 2 amide bonds. The maximum absolute atomic E-state index is 13.4. The fraction of sp³-hybridized carbons (Fsp3) is 0.148. The molecule has 1 aliphatic heterocycles. The standard InChI is InChI=1S/C27H22F3N3O5S/c1-36-21-11-8-17(23(15-21)37-2)14-22-25(35)33(19-6-4-3-5-7-19)26(32-22)39-16-24(34)31-18-9-12-20(13-10-18)38-27(28,29)30/h3-15H,16H2,1-2H3,(H,31,34)/b22-14+. The average molecular weight is 558 g/mol. The van der Waals surface area contributed by atoms with E-state index in [4.69, 9.17) is 9.47 Å². The minimum Gasteiger partial charge on any atom is -0.497 e. The lowest BCUT2D eigenvalue weighted by atomic mass is 10.1. The van der Waals surface area contributed by atoms with E-state index in [0.29, 0.717) is 22.7 Å². The molecule has 1 heterocycles. The quantitative estimate of drug-likeness (QED) is 0.357. The largest absolute Gasteiger partial charge is 0.573 e. The number of hydrogen-bond donors (Lipinski definition) is 1. The van der Waals surface area contributed by atoms with Crippen LogP contribution in [0, 0.1) is 0 Å². The summed E-state index contributed by atoms with van der Waals surface area (Å²) < 4.78 is 51.5. The maximum atomic E-state index is 13.4. The van der Waals surface area contributed by atoms with Crippen LogP contribution in [0.3, 0.4) is 0 Å². The van der Waals surface area contributed by atoms with Crippen molar-refractivity contribution in [1.82, 2.24) is 0 Å². The zero-order chi connectivity index (χ0) is 28.0. The fourth-order valence-corrected chi connectivity index (χ4v) is 4.36. The van der Waals surface area contributed by atoms with Gasteiger partial charge in [0.1, 0.15) is 22.9 Å². The molecular formula is C27H22F3N3O5S. The van der Waals surface area contributed by atoms with E-state index >= 15 is 0 Å². The zero-order valence-electron chi connectivity index (χ0n) is 20.7. The number of amides is 2. The molecule has 3 aromatic carbocycles. The molecule has 3 aromatic rings. The van der Waals surface area contributed by atoms with Gasteiger partial charge in [0.25, 0.3) is 5.91 Å². The van der Waals surface area contributed by atoms with Crippen molar-refractivity contribution in [3.8, 4) is 17.2 Å². The molecule has 8 nitrogen and oxygen atoms in total. The first-order valence-electron chi connectivity index (χ1n) is 11.4. The second-order valence-corrected chi connectivity index (χ2v) is 8.86. The van der Waals surface area contributed by atoms with Crippen molar-refractivity contribution in [2.45, 2.75) is 6.36 Å². The van der Waals surface area contributed by atoms with Gasteiger partial charge in [0.15, 0.2) is 5.17 Å². The van der Waals surface area contributed by atoms with Crippen LogP contribution < -0.4 is 24.4 Å². The molecule has 0 spiro atoms. The lowest BCUT2D eigenvalue weighted by Crippen LogP contribution is -2.31. The number of methoxy groups -OCH3 is 2. The third kappa shape index (κ3) is 7.11. The number of para-hydroxylation sites is 1. The Balaban J connectivity index is 1.52. The smallest absolute Gasteiger partial charge is 0.497 e. The van der Waals surface area contributed by atoms with Gasteiger partial charge in [-0.2, -0.15) is 0 Å². The second kappa shape index (κ2) is 11.9. The van der Waals surface area contributed by atoms with E-state index in [1.165, 1.54) is 31.3 Å². The summed E-state index contributed by atoms with van der Waals surface area (Å²) in [4.78, 5) is 31.9. The Kier molecular flexibility index (Phi) is 8.45. The SMILES string of the molecule is COc1ccc(/C=C2/N=C(SCC(=O)Nc3ccc(OC(F)(F)F)cc3)N(c3ccccc3)C2=O)c(OC)c1. The van der Waals surface area contributed by atoms with E-state index < -0.39 is 18.0 Å². The van der Waals surface area contributed by atoms with E-state index in [2.05, 4.69) is 15.0 Å². The van der Waals surface area contributed by atoms with Crippen LogP contribution in [-0.4, -0.2) is 43.3 Å². The number of aliphatic imine (C=N–C) groups is 1. The van der Waals surface area contributed by atoms with Crippen molar-refractivity contribution in [2.75, 3.05) is 30.2 Å². The second-order valence-electron chi connectivity index (χ2n) is 7.92. The number of rotatable bonds is 8. The Morgan fingerprint density at radius 3 is 2.33 bits per heavy atom. The summed E-state index contributed by atoms with van der Waals surface area (Å²) in [5.41, 5.74) is 1.61. The van der Waals surface area contributed by atoms with Gasteiger partial charge in [0.05, 0.1) is 25.7 Å². The number of nitrogens with zero attached hydrogens (tertiary/aromatic N) is 2. The summed E-state index contributed by atoms with van der Waals surface area (Å²) in [5.74, 6) is -0.270. The van der Waals surface area contributed by atoms with Gasteiger partial charge in [-0.25, -0.2) is 4.99 Å². The molecule has 0 fully saturated rings. The first kappa shape index (κ1) is 27.6. The third-order valence-electron chi connectivity index (χ3n) is 5.28. The molecule has 0 unspecified atom stereocenters. The molecule has 4 rings (SSSR count). The Bertz CT molecular complexity index is 1410. The first-order valence-corrected chi connectivity index (χ1v) is 12.4. The summed E-state index contributed by atoms with van der Waals surface area (Å²) in [7, 11) is 3.04. The highest BCUT2D eigenvalue weighted by molar-refractivity contribution is 8.14. The van der Waals surface area contributed by atoms with Crippen molar-refractivity contribution in [2.24, 2.45) is 4.99 Å². The topological polar surface area (TPSA) is 89.5 Å². The van der Waals surface area contributed by atoms with Gasteiger partial charge in [0.2, 0.25) is 5.91 Å². The number of carbonyl (C=O) groups is 2. The predicted octanol–water partition coefficient (Wildman–Crippen LogP) is 5.72. The molecule has 0 aliphatic carbocycles. The first-order chi connectivity index (χ1) is 18.7. The van der Waals surface area contributed by atoms with Gasteiger partial charge in [-0.05, 0) is 54.6 Å². The van der Waals surface area contributed by atoms with Crippen LogP contribution in [0.15, 0.2) is 83.5 Å². The number of thioether (sulfide) groups is 1. The highest BCUT2D eigenvalue weighted by Gasteiger charge is 2.33. The van der Waals surface area contributed by atoms with Crippen LogP contribution in [0.1, 0.15) is 5.56 Å². The normalized spacial score (nSPS) is 14.3.